The maximum absolute atomic E-state index is 12.6. The molecule has 0 bridgehead atoms. The molecule has 0 heterocycles. The van der Waals surface area contributed by atoms with E-state index < -0.39 is 27.3 Å². The molecule has 0 aliphatic carbocycles. The molecule has 4 nitrogen and oxygen atoms in total. The van der Waals surface area contributed by atoms with Crippen molar-refractivity contribution < 1.29 is 21.6 Å². The van der Waals surface area contributed by atoms with Crippen LogP contribution in [-0.2, 0) is 22.7 Å². The summed E-state index contributed by atoms with van der Waals surface area (Å²) in [6.45, 7) is 3.88. The molecule has 0 saturated carbocycles. The maximum Gasteiger partial charge on any atom is 0.416 e. The van der Waals surface area contributed by atoms with Crippen LogP contribution in [0.15, 0.2) is 24.3 Å². The normalized spacial score (nSPS) is 13.4. The lowest BCUT2D eigenvalue weighted by Gasteiger charge is -2.25. The zero-order valence-electron chi connectivity index (χ0n) is 12.1. The van der Waals surface area contributed by atoms with Crippen LogP contribution in [0.5, 0.6) is 0 Å². The second-order valence-corrected chi connectivity index (χ2v) is 7.31. The minimum Gasteiger partial charge on any atom is -0.311 e. The molecule has 0 aliphatic heterocycles. The van der Waals surface area contributed by atoms with E-state index in [1.54, 1.807) is 19.9 Å². The third kappa shape index (κ3) is 6.92. The minimum atomic E-state index is -4.37. The Morgan fingerprint density at radius 2 is 1.81 bits per heavy atom. The topological polar surface area (TPSA) is 58.2 Å². The summed E-state index contributed by atoms with van der Waals surface area (Å²) in [6.07, 6.45) is -3.31. The number of sulfonamides is 1. The van der Waals surface area contributed by atoms with E-state index in [2.05, 4.69) is 10.0 Å². The van der Waals surface area contributed by atoms with Gasteiger partial charge in [-0.2, -0.15) is 13.2 Å². The Labute approximate surface area is 122 Å². The number of alkyl halides is 3. The fourth-order valence-electron chi connectivity index (χ4n) is 1.91. The van der Waals surface area contributed by atoms with Crippen LogP contribution in [0.3, 0.4) is 0 Å². The van der Waals surface area contributed by atoms with Crippen molar-refractivity contribution in [2.75, 3.05) is 12.8 Å². The van der Waals surface area contributed by atoms with E-state index in [-0.39, 0.29) is 13.1 Å². The monoisotopic (exact) mass is 324 g/mol. The summed E-state index contributed by atoms with van der Waals surface area (Å²) >= 11 is 0. The zero-order valence-corrected chi connectivity index (χ0v) is 12.9. The van der Waals surface area contributed by atoms with Crippen molar-refractivity contribution in [3.05, 3.63) is 35.4 Å². The van der Waals surface area contributed by atoms with Gasteiger partial charge in [-0.25, -0.2) is 13.1 Å². The molecule has 1 aromatic carbocycles. The summed E-state index contributed by atoms with van der Waals surface area (Å²) in [5.74, 6) is 0. The van der Waals surface area contributed by atoms with Crippen LogP contribution in [0, 0.1) is 0 Å². The van der Waals surface area contributed by atoms with Crippen LogP contribution in [-0.4, -0.2) is 26.8 Å². The summed E-state index contributed by atoms with van der Waals surface area (Å²) in [4.78, 5) is 0. The predicted octanol–water partition coefficient (Wildman–Crippen LogP) is 2.12. The van der Waals surface area contributed by atoms with Crippen molar-refractivity contribution in [3.63, 3.8) is 0 Å². The first kappa shape index (κ1) is 17.9. The number of hydrogen-bond acceptors (Lipinski definition) is 3. The van der Waals surface area contributed by atoms with Crippen molar-refractivity contribution in [2.24, 2.45) is 0 Å². The predicted molar refractivity (Wildman–Crippen MR) is 75.2 cm³/mol. The van der Waals surface area contributed by atoms with Gasteiger partial charge < -0.3 is 5.32 Å². The molecule has 0 radical (unpaired) electrons. The van der Waals surface area contributed by atoms with Crippen LogP contribution >= 0.6 is 0 Å². The molecule has 0 amide bonds. The molecule has 1 rings (SSSR count). The highest BCUT2D eigenvalue weighted by Crippen LogP contribution is 2.29. The van der Waals surface area contributed by atoms with Crippen molar-refractivity contribution in [3.8, 4) is 0 Å². The molecular weight excluding hydrogens is 305 g/mol. The van der Waals surface area contributed by atoms with Crippen molar-refractivity contribution in [1.82, 2.24) is 10.0 Å². The molecule has 0 aliphatic rings. The number of benzene rings is 1. The standard InChI is InChI=1S/C13H19F3N2O2S/c1-12(2,18-21(3,19)20)9-17-8-10-5-4-6-11(7-10)13(14,15)16/h4-7,17-18H,8-9H2,1-3H3. The van der Waals surface area contributed by atoms with Gasteiger partial charge in [-0.05, 0) is 25.5 Å². The lowest BCUT2D eigenvalue weighted by atomic mass is 10.1. The van der Waals surface area contributed by atoms with Gasteiger partial charge in [0.2, 0.25) is 10.0 Å². The molecule has 0 fully saturated rings. The van der Waals surface area contributed by atoms with E-state index in [1.807, 2.05) is 0 Å². The molecule has 0 atom stereocenters. The van der Waals surface area contributed by atoms with Crippen LogP contribution < -0.4 is 10.0 Å². The zero-order chi connectivity index (χ0) is 16.3. The molecular formula is C13H19F3N2O2S. The van der Waals surface area contributed by atoms with Crippen molar-refractivity contribution >= 4 is 10.0 Å². The third-order valence-corrected chi connectivity index (χ3v) is 3.54. The summed E-state index contributed by atoms with van der Waals surface area (Å²) in [5, 5.41) is 2.95. The average molecular weight is 324 g/mol. The molecule has 120 valence electrons. The Balaban J connectivity index is 2.61. The Morgan fingerprint density at radius 3 is 2.33 bits per heavy atom. The van der Waals surface area contributed by atoms with E-state index in [9.17, 15) is 21.6 Å². The second kappa shape index (κ2) is 6.33. The van der Waals surface area contributed by atoms with Crippen LogP contribution in [0.25, 0.3) is 0 Å². The fourth-order valence-corrected chi connectivity index (χ4v) is 2.99. The van der Waals surface area contributed by atoms with Gasteiger partial charge in [0, 0.05) is 18.6 Å². The highest BCUT2D eigenvalue weighted by molar-refractivity contribution is 7.88. The van der Waals surface area contributed by atoms with E-state index in [4.69, 9.17) is 0 Å². The van der Waals surface area contributed by atoms with Gasteiger partial charge in [-0.15, -0.1) is 0 Å². The summed E-state index contributed by atoms with van der Waals surface area (Å²) in [5.41, 5.74) is -0.940. The first-order valence-electron chi connectivity index (χ1n) is 6.25. The Morgan fingerprint density at radius 1 is 1.19 bits per heavy atom. The quantitative estimate of drug-likeness (QED) is 0.843. The van der Waals surface area contributed by atoms with Gasteiger partial charge in [0.25, 0.3) is 0 Å². The lowest BCUT2D eigenvalue weighted by Crippen LogP contribution is -2.49. The van der Waals surface area contributed by atoms with E-state index >= 15 is 0 Å². The fraction of sp³-hybridized carbons (Fsp3) is 0.538. The van der Waals surface area contributed by atoms with Gasteiger partial charge >= 0.3 is 6.18 Å². The van der Waals surface area contributed by atoms with E-state index in [1.165, 1.54) is 6.07 Å². The minimum absolute atomic E-state index is 0.221. The van der Waals surface area contributed by atoms with Crippen LogP contribution in [0.1, 0.15) is 25.0 Å². The number of hydrogen-bond donors (Lipinski definition) is 2. The molecule has 8 heteroatoms. The average Bonchev–Trinajstić information content (AvgIpc) is 2.24. The maximum atomic E-state index is 12.6. The lowest BCUT2D eigenvalue weighted by molar-refractivity contribution is -0.137. The Kier molecular flexibility index (Phi) is 5.40. The van der Waals surface area contributed by atoms with E-state index in [0.29, 0.717) is 5.56 Å². The third-order valence-electron chi connectivity index (χ3n) is 2.61. The molecule has 0 saturated heterocycles. The number of nitrogens with one attached hydrogen (secondary N) is 2. The highest BCUT2D eigenvalue weighted by atomic mass is 32.2. The van der Waals surface area contributed by atoms with Gasteiger partial charge in [0.15, 0.2) is 0 Å². The van der Waals surface area contributed by atoms with Gasteiger partial charge in [0.1, 0.15) is 0 Å². The molecule has 0 aromatic heterocycles. The van der Waals surface area contributed by atoms with E-state index in [0.717, 1.165) is 18.4 Å². The largest absolute Gasteiger partial charge is 0.416 e. The Hall–Kier alpha value is -1.12. The first-order valence-corrected chi connectivity index (χ1v) is 8.14. The highest BCUT2D eigenvalue weighted by Gasteiger charge is 2.30. The smallest absolute Gasteiger partial charge is 0.311 e. The summed E-state index contributed by atoms with van der Waals surface area (Å²) in [7, 11) is -3.34. The van der Waals surface area contributed by atoms with Gasteiger partial charge in [-0.1, -0.05) is 18.2 Å². The molecule has 0 unspecified atom stereocenters. The number of halogens is 3. The SMILES string of the molecule is CC(C)(CNCc1cccc(C(F)(F)F)c1)NS(C)(=O)=O. The number of rotatable bonds is 6. The van der Waals surface area contributed by atoms with Crippen molar-refractivity contribution in [1.29, 1.82) is 0 Å². The second-order valence-electron chi connectivity index (χ2n) is 5.56. The van der Waals surface area contributed by atoms with Gasteiger partial charge in [-0.3, -0.25) is 0 Å². The van der Waals surface area contributed by atoms with Crippen LogP contribution in [0.4, 0.5) is 13.2 Å². The van der Waals surface area contributed by atoms with Crippen LogP contribution in [0.2, 0.25) is 0 Å². The first-order chi connectivity index (χ1) is 9.39. The summed E-state index contributed by atoms with van der Waals surface area (Å²) < 4.78 is 62.5. The van der Waals surface area contributed by atoms with Crippen molar-refractivity contribution in [2.45, 2.75) is 32.1 Å². The summed E-state index contributed by atoms with van der Waals surface area (Å²) in [6, 6.07) is 5.02. The molecule has 21 heavy (non-hydrogen) atoms. The van der Waals surface area contributed by atoms with Gasteiger partial charge in [0.05, 0.1) is 11.8 Å². The molecule has 1 aromatic rings. The molecule has 0 spiro atoms. The molecule has 2 N–H and O–H groups in total. The Bertz CT molecular complexity index is 583.